The fourth-order valence-corrected chi connectivity index (χ4v) is 1.28. The van der Waals surface area contributed by atoms with Gasteiger partial charge in [0.2, 0.25) is 0 Å². The number of hydrogen-bond donors (Lipinski definition) is 1. The zero-order valence-corrected chi connectivity index (χ0v) is 11.5. The van der Waals surface area contributed by atoms with Crippen molar-refractivity contribution in [3.63, 3.8) is 0 Å². The lowest BCUT2D eigenvalue weighted by Crippen LogP contribution is -2.25. The van der Waals surface area contributed by atoms with E-state index in [0.29, 0.717) is 0 Å². The summed E-state index contributed by atoms with van der Waals surface area (Å²) in [6.07, 6.45) is 0. The normalized spacial score (nSPS) is 10.9. The fraction of sp³-hybridized carbons (Fsp3) is 0.462. The Morgan fingerprint density at radius 2 is 1.89 bits per heavy atom. The minimum atomic E-state index is -0.662. The van der Waals surface area contributed by atoms with Gasteiger partial charge in [0.15, 0.2) is 5.69 Å². The molecule has 0 fully saturated rings. The lowest BCUT2D eigenvalue weighted by molar-refractivity contribution is 0.00628. The van der Waals surface area contributed by atoms with Crippen LogP contribution in [0.2, 0.25) is 0 Å². The number of pyridine rings is 1. The molecule has 0 aliphatic rings. The molecule has 0 aromatic carbocycles. The van der Waals surface area contributed by atoms with Crippen molar-refractivity contribution in [2.75, 3.05) is 12.3 Å². The maximum Gasteiger partial charge on any atom is 0.359 e. The van der Waals surface area contributed by atoms with Crippen LogP contribution in [0.5, 0.6) is 0 Å². The van der Waals surface area contributed by atoms with Gasteiger partial charge in [-0.2, -0.15) is 0 Å². The topological polar surface area (TPSA) is 91.5 Å². The summed E-state index contributed by atoms with van der Waals surface area (Å²) in [5.41, 5.74) is 5.10. The molecule has 0 bridgehead atoms. The minimum absolute atomic E-state index is 0.0205. The molecule has 0 aliphatic carbocycles. The smallest absolute Gasteiger partial charge is 0.359 e. The second kappa shape index (κ2) is 5.69. The lowest BCUT2D eigenvalue weighted by Gasteiger charge is -2.19. The molecule has 1 aromatic rings. The number of nitrogens with two attached hydrogens (primary N) is 1. The summed E-state index contributed by atoms with van der Waals surface area (Å²) in [6.45, 7) is 7.11. The largest absolute Gasteiger partial charge is 0.461 e. The maximum atomic E-state index is 11.8. The van der Waals surface area contributed by atoms with E-state index in [2.05, 4.69) is 4.98 Å². The molecule has 0 spiro atoms. The van der Waals surface area contributed by atoms with Gasteiger partial charge >= 0.3 is 11.9 Å². The third-order valence-electron chi connectivity index (χ3n) is 2.00. The van der Waals surface area contributed by atoms with Crippen LogP contribution in [0.3, 0.4) is 0 Å². The number of aromatic nitrogens is 1. The van der Waals surface area contributed by atoms with Gasteiger partial charge in [-0.05, 0) is 39.8 Å². The first-order valence-electron chi connectivity index (χ1n) is 5.91. The number of hydrogen-bond acceptors (Lipinski definition) is 6. The standard InChI is InChI=1S/C13H18N2O4/c1-5-18-12(17)10-8(14)6-7-9(15-10)11(16)19-13(2,3)4/h6-7H,5,14H2,1-4H3. The zero-order chi connectivity index (χ0) is 14.6. The molecule has 6 heteroatoms. The molecule has 0 saturated heterocycles. The van der Waals surface area contributed by atoms with Gasteiger partial charge < -0.3 is 15.2 Å². The van der Waals surface area contributed by atoms with Crippen LogP contribution in [0.1, 0.15) is 48.7 Å². The van der Waals surface area contributed by atoms with E-state index in [1.807, 2.05) is 0 Å². The highest BCUT2D eigenvalue weighted by Crippen LogP contribution is 2.15. The second-order valence-corrected chi connectivity index (χ2v) is 4.86. The summed E-state index contributed by atoms with van der Waals surface area (Å²) in [5, 5.41) is 0. The van der Waals surface area contributed by atoms with Crippen LogP contribution in [0.25, 0.3) is 0 Å². The molecule has 1 rings (SSSR count). The van der Waals surface area contributed by atoms with Crippen LogP contribution < -0.4 is 5.73 Å². The first-order valence-corrected chi connectivity index (χ1v) is 5.91. The van der Waals surface area contributed by atoms with Crippen LogP contribution in [-0.2, 0) is 9.47 Å². The number of carbonyl (C=O) groups is 2. The number of nitrogen functional groups attached to an aromatic ring is 1. The van der Waals surface area contributed by atoms with Crippen LogP contribution in [0, 0.1) is 0 Å². The predicted octanol–water partition coefficient (Wildman–Crippen LogP) is 1.80. The van der Waals surface area contributed by atoms with Crippen molar-refractivity contribution in [1.82, 2.24) is 4.98 Å². The third kappa shape index (κ3) is 4.24. The molecular weight excluding hydrogens is 248 g/mol. The molecule has 0 aliphatic heterocycles. The Bertz CT molecular complexity index is 492. The summed E-state index contributed by atoms with van der Waals surface area (Å²) < 4.78 is 9.97. The van der Waals surface area contributed by atoms with Crippen molar-refractivity contribution in [3.05, 3.63) is 23.5 Å². The van der Waals surface area contributed by atoms with E-state index in [0.717, 1.165) is 0 Å². The summed E-state index contributed by atoms with van der Waals surface area (Å²) >= 11 is 0. The van der Waals surface area contributed by atoms with Crippen molar-refractivity contribution >= 4 is 17.6 Å². The Kier molecular flexibility index (Phi) is 4.47. The Hall–Kier alpha value is -2.11. The van der Waals surface area contributed by atoms with Crippen molar-refractivity contribution in [2.45, 2.75) is 33.3 Å². The van der Waals surface area contributed by atoms with E-state index in [1.165, 1.54) is 12.1 Å². The monoisotopic (exact) mass is 266 g/mol. The number of rotatable bonds is 3. The average molecular weight is 266 g/mol. The van der Waals surface area contributed by atoms with Crippen LogP contribution in [0.15, 0.2) is 12.1 Å². The molecule has 1 aromatic heterocycles. The van der Waals surface area contributed by atoms with E-state index >= 15 is 0 Å². The number of carbonyl (C=O) groups excluding carboxylic acids is 2. The highest BCUT2D eigenvalue weighted by atomic mass is 16.6. The molecule has 0 radical (unpaired) electrons. The fourth-order valence-electron chi connectivity index (χ4n) is 1.28. The first kappa shape index (κ1) is 14.9. The summed E-state index contributed by atoms with van der Waals surface area (Å²) in [5.74, 6) is -1.27. The van der Waals surface area contributed by atoms with Crippen molar-refractivity contribution in [1.29, 1.82) is 0 Å². The van der Waals surface area contributed by atoms with Crippen LogP contribution in [-0.4, -0.2) is 29.1 Å². The Labute approximate surface area is 111 Å². The van der Waals surface area contributed by atoms with E-state index < -0.39 is 17.5 Å². The number of anilines is 1. The predicted molar refractivity (Wildman–Crippen MR) is 69.8 cm³/mol. The molecule has 19 heavy (non-hydrogen) atoms. The van der Waals surface area contributed by atoms with Gasteiger partial charge in [-0.25, -0.2) is 14.6 Å². The Morgan fingerprint density at radius 1 is 1.26 bits per heavy atom. The maximum absolute atomic E-state index is 11.8. The van der Waals surface area contributed by atoms with Gasteiger partial charge in [-0.1, -0.05) is 0 Å². The highest BCUT2D eigenvalue weighted by molar-refractivity contribution is 5.95. The number of esters is 2. The molecule has 6 nitrogen and oxygen atoms in total. The minimum Gasteiger partial charge on any atom is -0.461 e. The first-order chi connectivity index (χ1) is 8.74. The van der Waals surface area contributed by atoms with Crippen molar-refractivity contribution in [2.24, 2.45) is 0 Å². The SMILES string of the molecule is CCOC(=O)c1nc(C(=O)OC(C)(C)C)ccc1N. The molecule has 0 atom stereocenters. The lowest BCUT2D eigenvalue weighted by atomic mass is 10.2. The molecule has 0 saturated carbocycles. The molecule has 0 unspecified atom stereocenters. The summed E-state index contributed by atoms with van der Waals surface area (Å²) in [6, 6.07) is 2.84. The molecule has 2 N–H and O–H groups in total. The highest BCUT2D eigenvalue weighted by Gasteiger charge is 2.21. The van der Waals surface area contributed by atoms with Gasteiger partial charge in [-0.15, -0.1) is 0 Å². The molecule has 104 valence electrons. The molecule has 1 heterocycles. The Balaban J connectivity index is 3.02. The van der Waals surface area contributed by atoms with Crippen LogP contribution >= 0.6 is 0 Å². The van der Waals surface area contributed by atoms with Gasteiger partial charge in [0.05, 0.1) is 12.3 Å². The average Bonchev–Trinajstić information content (AvgIpc) is 2.27. The van der Waals surface area contributed by atoms with Gasteiger partial charge in [0.25, 0.3) is 0 Å². The number of nitrogens with zero attached hydrogens (tertiary/aromatic N) is 1. The van der Waals surface area contributed by atoms with E-state index in [4.69, 9.17) is 15.2 Å². The Morgan fingerprint density at radius 3 is 2.42 bits per heavy atom. The van der Waals surface area contributed by atoms with E-state index in [9.17, 15) is 9.59 Å². The van der Waals surface area contributed by atoms with Crippen molar-refractivity contribution < 1.29 is 19.1 Å². The van der Waals surface area contributed by atoms with Gasteiger partial charge in [-0.3, -0.25) is 0 Å². The summed E-state index contributed by atoms with van der Waals surface area (Å²) in [7, 11) is 0. The number of ether oxygens (including phenoxy) is 2. The second-order valence-electron chi connectivity index (χ2n) is 4.86. The summed E-state index contributed by atoms with van der Waals surface area (Å²) in [4.78, 5) is 27.3. The van der Waals surface area contributed by atoms with Crippen LogP contribution in [0.4, 0.5) is 5.69 Å². The van der Waals surface area contributed by atoms with E-state index in [-0.39, 0.29) is 23.7 Å². The van der Waals surface area contributed by atoms with Crippen molar-refractivity contribution in [3.8, 4) is 0 Å². The zero-order valence-electron chi connectivity index (χ0n) is 11.5. The molecule has 0 amide bonds. The van der Waals surface area contributed by atoms with E-state index in [1.54, 1.807) is 27.7 Å². The van der Waals surface area contributed by atoms with Gasteiger partial charge in [0.1, 0.15) is 11.3 Å². The third-order valence-corrected chi connectivity index (χ3v) is 2.00. The quantitative estimate of drug-likeness (QED) is 0.839. The molecular formula is C13H18N2O4. The van der Waals surface area contributed by atoms with Gasteiger partial charge in [0, 0.05) is 0 Å².